The summed E-state index contributed by atoms with van der Waals surface area (Å²) in [5, 5.41) is 2.72. The van der Waals surface area contributed by atoms with Gasteiger partial charge < -0.3 is 10.1 Å². The van der Waals surface area contributed by atoms with Crippen molar-refractivity contribution in [3.05, 3.63) is 29.8 Å². The fourth-order valence-electron chi connectivity index (χ4n) is 3.18. The molecule has 7 nitrogen and oxygen atoms in total. The Bertz CT molecular complexity index is 757. The van der Waals surface area contributed by atoms with Crippen molar-refractivity contribution in [1.29, 1.82) is 0 Å². The van der Waals surface area contributed by atoms with E-state index in [-0.39, 0.29) is 11.0 Å². The first-order valence-electron chi connectivity index (χ1n) is 9.56. The number of nitrogens with zero attached hydrogens (tertiary/aromatic N) is 3. The molecule has 0 bridgehead atoms. The van der Waals surface area contributed by atoms with Crippen molar-refractivity contribution in [2.24, 2.45) is 10.9 Å². The molecule has 1 aromatic carbocycles. The molecule has 0 aromatic heterocycles. The average Bonchev–Trinajstić information content (AvgIpc) is 2.68. The highest BCUT2D eigenvalue weighted by atomic mass is 32.1. The van der Waals surface area contributed by atoms with Crippen LogP contribution in [-0.4, -0.2) is 67.4 Å². The van der Waals surface area contributed by atoms with Gasteiger partial charge in [-0.15, -0.1) is 0 Å². The number of hydrogen-bond donors (Lipinski definition) is 1. The molecule has 2 aliphatic rings. The van der Waals surface area contributed by atoms with Crippen LogP contribution in [0, 0.1) is 5.92 Å². The number of ether oxygens (including phenoxy) is 1. The number of carbonyl (C=O) groups is 2. The Morgan fingerprint density at radius 3 is 2.57 bits per heavy atom. The van der Waals surface area contributed by atoms with Crippen molar-refractivity contribution in [1.82, 2.24) is 10.2 Å². The Labute approximate surface area is 170 Å². The number of anilines is 1. The number of rotatable bonds is 6. The van der Waals surface area contributed by atoms with Crippen LogP contribution in [0.3, 0.4) is 0 Å². The highest BCUT2D eigenvalue weighted by Crippen LogP contribution is 2.23. The summed E-state index contributed by atoms with van der Waals surface area (Å²) >= 11 is 5.23. The van der Waals surface area contributed by atoms with E-state index in [2.05, 4.69) is 29.1 Å². The molecule has 28 heavy (non-hydrogen) atoms. The van der Waals surface area contributed by atoms with E-state index < -0.39 is 11.8 Å². The summed E-state index contributed by atoms with van der Waals surface area (Å²) in [6.45, 7) is 8.75. The smallest absolute Gasteiger partial charge is 0.251 e. The number of hydrogen-bond acceptors (Lipinski definition) is 6. The molecule has 2 saturated heterocycles. The van der Waals surface area contributed by atoms with Gasteiger partial charge in [0.2, 0.25) is 5.91 Å². The van der Waals surface area contributed by atoms with Crippen LogP contribution in [0.1, 0.15) is 25.3 Å². The van der Waals surface area contributed by atoms with Crippen LogP contribution >= 0.6 is 12.2 Å². The van der Waals surface area contributed by atoms with Crippen molar-refractivity contribution in [2.45, 2.75) is 19.8 Å². The summed E-state index contributed by atoms with van der Waals surface area (Å²) in [5.41, 5.74) is 1.82. The number of benzene rings is 1. The third-order valence-electron chi connectivity index (χ3n) is 4.92. The van der Waals surface area contributed by atoms with Gasteiger partial charge in [0.05, 0.1) is 25.4 Å². The van der Waals surface area contributed by atoms with Gasteiger partial charge >= 0.3 is 0 Å². The number of aliphatic imine (C=N–C) groups is 1. The van der Waals surface area contributed by atoms with E-state index in [0.29, 0.717) is 18.2 Å². The van der Waals surface area contributed by atoms with Crippen LogP contribution < -0.4 is 10.2 Å². The number of nitrogens with one attached hydrogen (secondary N) is 1. The van der Waals surface area contributed by atoms with E-state index in [1.165, 1.54) is 16.7 Å². The van der Waals surface area contributed by atoms with Crippen molar-refractivity contribution in [3.63, 3.8) is 0 Å². The molecule has 2 aliphatic heterocycles. The average molecular weight is 403 g/mol. The normalized spacial score (nSPS) is 21.6. The van der Waals surface area contributed by atoms with Crippen molar-refractivity contribution >= 4 is 41.0 Å². The molecule has 1 atom stereocenters. The summed E-state index contributed by atoms with van der Waals surface area (Å²) < 4.78 is 5.32. The Balaban J connectivity index is 1.66. The molecule has 0 aliphatic carbocycles. The lowest BCUT2D eigenvalue weighted by Crippen LogP contribution is -2.58. The Hall–Kier alpha value is -2.16. The number of amides is 2. The van der Waals surface area contributed by atoms with Gasteiger partial charge in [-0.3, -0.25) is 24.4 Å². The van der Waals surface area contributed by atoms with E-state index in [1.807, 2.05) is 24.3 Å². The highest BCUT2D eigenvalue weighted by Gasteiger charge is 2.38. The fraction of sp³-hybridized carbons (Fsp3) is 0.500. The van der Waals surface area contributed by atoms with E-state index in [9.17, 15) is 9.59 Å². The second-order valence-electron chi connectivity index (χ2n) is 7.20. The molecule has 1 aromatic rings. The molecule has 0 saturated carbocycles. The summed E-state index contributed by atoms with van der Waals surface area (Å²) in [4.78, 5) is 33.1. The van der Waals surface area contributed by atoms with Gasteiger partial charge in [-0.2, -0.15) is 0 Å². The summed E-state index contributed by atoms with van der Waals surface area (Å²) in [6.07, 6.45) is 1.44. The minimum atomic E-state index is -0.971. The summed E-state index contributed by atoms with van der Waals surface area (Å²) in [5.74, 6) is -1.38. The third-order valence-corrected chi connectivity index (χ3v) is 5.21. The molecule has 1 N–H and O–H groups in total. The number of morpholine rings is 1. The Morgan fingerprint density at radius 1 is 1.25 bits per heavy atom. The Morgan fingerprint density at radius 2 is 1.93 bits per heavy atom. The van der Waals surface area contributed by atoms with Gasteiger partial charge in [-0.1, -0.05) is 26.0 Å². The molecule has 150 valence electrons. The van der Waals surface area contributed by atoms with E-state index >= 15 is 0 Å². The van der Waals surface area contributed by atoms with Crippen molar-refractivity contribution in [3.8, 4) is 0 Å². The van der Waals surface area contributed by atoms with E-state index in [1.54, 1.807) is 0 Å². The molecule has 0 radical (unpaired) electrons. The fourth-order valence-corrected chi connectivity index (χ4v) is 3.47. The zero-order valence-corrected chi connectivity index (χ0v) is 17.1. The third kappa shape index (κ3) is 4.81. The number of thiocarbonyl (C=S) groups is 1. The Kier molecular flexibility index (Phi) is 6.88. The van der Waals surface area contributed by atoms with Crippen LogP contribution in [0.5, 0.6) is 0 Å². The molecule has 2 amide bonds. The molecular weight excluding hydrogens is 376 g/mol. The standard InChI is InChI=1S/C20H26N4O3S/c1-14(2)15-3-5-16(6-4-15)24-19(26)17(18(25)22-20(24)28)13-21-7-8-23-9-11-27-12-10-23/h3-6,13-14,17H,7-12H2,1-2H3,(H,22,25,28)/t17-/m0/s1. The van der Waals surface area contributed by atoms with Crippen molar-refractivity contribution < 1.29 is 14.3 Å². The zero-order valence-electron chi connectivity index (χ0n) is 16.3. The second kappa shape index (κ2) is 9.36. The molecule has 2 fully saturated rings. The van der Waals surface area contributed by atoms with Crippen LogP contribution in [-0.2, 0) is 14.3 Å². The lowest BCUT2D eigenvalue weighted by atomic mass is 10.0. The summed E-state index contributed by atoms with van der Waals surface area (Å²) in [7, 11) is 0. The maximum absolute atomic E-state index is 12.9. The van der Waals surface area contributed by atoms with Crippen LogP contribution in [0.15, 0.2) is 29.3 Å². The first-order valence-corrected chi connectivity index (χ1v) is 9.97. The first-order chi connectivity index (χ1) is 13.5. The van der Waals surface area contributed by atoms with Gasteiger partial charge in [-0.25, -0.2) is 0 Å². The van der Waals surface area contributed by atoms with Crippen molar-refractivity contribution in [2.75, 3.05) is 44.3 Å². The molecule has 0 spiro atoms. The van der Waals surface area contributed by atoms with E-state index in [4.69, 9.17) is 17.0 Å². The predicted octanol–water partition coefficient (Wildman–Crippen LogP) is 1.58. The topological polar surface area (TPSA) is 74.2 Å². The monoisotopic (exact) mass is 402 g/mol. The molecule has 2 heterocycles. The maximum atomic E-state index is 12.9. The predicted molar refractivity (Wildman–Crippen MR) is 113 cm³/mol. The number of carbonyl (C=O) groups excluding carboxylic acids is 2. The van der Waals surface area contributed by atoms with Gasteiger partial charge in [0.25, 0.3) is 5.91 Å². The van der Waals surface area contributed by atoms with Gasteiger partial charge in [-0.05, 0) is 35.8 Å². The lowest BCUT2D eigenvalue weighted by Gasteiger charge is -2.31. The zero-order chi connectivity index (χ0) is 20.1. The lowest BCUT2D eigenvalue weighted by molar-refractivity contribution is -0.130. The minimum absolute atomic E-state index is 0.102. The summed E-state index contributed by atoms with van der Waals surface area (Å²) in [6, 6.07) is 7.64. The van der Waals surface area contributed by atoms with Gasteiger partial charge in [0, 0.05) is 25.8 Å². The largest absolute Gasteiger partial charge is 0.379 e. The quantitative estimate of drug-likeness (QED) is 0.444. The molecule has 3 rings (SSSR count). The second-order valence-corrected chi connectivity index (χ2v) is 7.59. The first kappa shape index (κ1) is 20.6. The van der Waals surface area contributed by atoms with E-state index in [0.717, 1.165) is 32.8 Å². The van der Waals surface area contributed by atoms with Gasteiger partial charge in [0.15, 0.2) is 11.0 Å². The highest BCUT2D eigenvalue weighted by molar-refractivity contribution is 7.80. The van der Waals surface area contributed by atoms with Crippen LogP contribution in [0.2, 0.25) is 0 Å². The molecular formula is C20H26N4O3S. The van der Waals surface area contributed by atoms with Crippen LogP contribution in [0.25, 0.3) is 0 Å². The van der Waals surface area contributed by atoms with Gasteiger partial charge in [0.1, 0.15) is 0 Å². The maximum Gasteiger partial charge on any atom is 0.251 e. The SMILES string of the molecule is CC(C)c1ccc(N2C(=O)[C@@H](C=NCCN3CCOCC3)C(=O)NC2=S)cc1. The molecule has 0 unspecified atom stereocenters. The van der Waals surface area contributed by atoms with Crippen LogP contribution in [0.4, 0.5) is 5.69 Å². The molecule has 8 heteroatoms. The minimum Gasteiger partial charge on any atom is -0.379 e.